The molecule has 198 valence electrons. The molecule has 3 aliphatic rings. The smallest absolute Gasteiger partial charge is 0.310 e. The van der Waals surface area contributed by atoms with Crippen LogP contribution in [0.4, 0.5) is 0 Å². The summed E-state index contributed by atoms with van der Waals surface area (Å²) in [5, 5.41) is 28.7. The number of hydrogen-bond donors (Lipinski definition) is 2. The topological polar surface area (TPSA) is 138 Å². The van der Waals surface area contributed by atoms with Crippen molar-refractivity contribution >= 4 is 28.8 Å². The number of fused-ring (bicyclic) bond motifs is 2. The van der Waals surface area contributed by atoms with Crippen molar-refractivity contribution in [3.05, 3.63) is 36.9 Å². The molecule has 11 heteroatoms. The van der Waals surface area contributed by atoms with Crippen LogP contribution in [-0.4, -0.2) is 89.2 Å². The average molecular weight is 512 g/mol. The number of nitrogens with zero attached hydrogens (tertiary/aromatic N) is 5. The summed E-state index contributed by atoms with van der Waals surface area (Å²) in [6, 6.07) is 5.64. The number of amides is 2. The van der Waals surface area contributed by atoms with Gasteiger partial charge in [0.15, 0.2) is 0 Å². The summed E-state index contributed by atoms with van der Waals surface area (Å²) in [4.78, 5) is 43.7. The summed E-state index contributed by atoms with van der Waals surface area (Å²) < 4.78 is 8.14. The molecule has 5 rings (SSSR count). The Bertz CT molecular complexity index is 1260. The number of carboxylic acid groups (broad SMARTS) is 1. The lowest BCUT2D eigenvalue weighted by Gasteiger charge is -2.39. The molecule has 1 aromatic heterocycles. The number of hydrogen-bond acceptors (Lipinski definition) is 7. The van der Waals surface area contributed by atoms with Gasteiger partial charge in [0.1, 0.15) is 29.7 Å². The van der Waals surface area contributed by atoms with Gasteiger partial charge in [0.05, 0.1) is 29.7 Å². The second-order valence-electron chi connectivity index (χ2n) is 10.6. The molecule has 2 aromatic rings. The lowest BCUT2D eigenvalue weighted by atomic mass is 9.62. The zero-order valence-corrected chi connectivity index (χ0v) is 21.3. The zero-order chi connectivity index (χ0) is 26.7. The Morgan fingerprint density at radius 3 is 2.76 bits per heavy atom. The number of likely N-dealkylation sites (tertiary alicyclic amines) is 1. The molecule has 37 heavy (non-hydrogen) atoms. The van der Waals surface area contributed by atoms with Crippen LogP contribution in [0.25, 0.3) is 11.0 Å². The first-order valence-corrected chi connectivity index (χ1v) is 12.7. The van der Waals surface area contributed by atoms with E-state index in [1.165, 1.54) is 9.80 Å². The number of aliphatic hydroxyl groups is 1. The minimum absolute atomic E-state index is 0.0513. The van der Waals surface area contributed by atoms with Crippen LogP contribution in [0.1, 0.15) is 33.6 Å². The van der Waals surface area contributed by atoms with E-state index in [-0.39, 0.29) is 25.7 Å². The summed E-state index contributed by atoms with van der Waals surface area (Å²) in [6.45, 7) is 9.12. The lowest BCUT2D eigenvalue weighted by molar-refractivity contribution is -0.160. The van der Waals surface area contributed by atoms with Gasteiger partial charge >= 0.3 is 5.97 Å². The van der Waals surface area contributed by atoms with E-state index in [0.29, 0.717) is 18.4 Å². The highest BCUT2D eigenvalue weighted by molar-refractivity contribution is 5.98. The maximum absolute atomic E-state index is 14.4. The molecule has 0 aliphatic carbocycles. The normalized spacial score (nSPS) is 33.1. The van der Waals surface area contributed by atoms with Crippen molar-refractivity contribution in [2.45, 2.75) is 63.6 Å². The lowest BCUT2D eigenvalue weighted by Crippen LogP contribution is -2.59. The molecule has 0 saturated carbocycles. The van der Waals surface area contributed by atoms with Gasteiger partial charge in [-0.25, -0.2) is 4.68 Å². The van der Waals surface area contributed by atoms with Crippen molar-refractivity contribution in [3.63, 3.8) is 0 Å². The summed E-state index contributed by atoms with van der Waals surface area (Å²) in [5.74, 6) is -4.26. The first-order valence-electron chi connectivity index (χ1n) is 12.7. The average Bonchev–Trinajstić information content (AvgIpc) is 3.53. The van der Waals surface area contributed by atoms with Crippen LogP contribution in [0.15, 0.2) is 36.9 Å². The largest absolute Gasteiger partial charge is 0.481 e. The first kappa shape index (κ1) is 25.3. The van der Waals surface area contributed by atoms with E-state index in [4.69, 9.17) is 4.74 Å². The SMILES string of the molecule is C=CCN(Cn1nnc2ccccc21)C(=O)C1N([C@@H](CC)CO)C(=O)[C@@H]2[C@@H](C(=O)O)[C@]3(C)OC12CC3C. The Kier molecular flexibility index (Phi) is 6.11. The van der Waals surface area contributed by atoms with E-state index >= 15 is 0 Å². The second-order valence-corrected chi connectivity index (χ2v) is 10.6. The molecule has 2 bridgehead atoms. The van der Waals surface area contributed by atoms with Crippen molar-refractivity contribution in [2.75, 3.05) is 13.2 Å². The number of rotatable bonds is 9. The molecule has 2 amide bonds. The molecule has 3 saturated heterocycles. The van der Waals surface area contributed by atoms with Gasteiger partial charge in [0.25, 0.3) is 0 Å². The minimum Gasteiger partial charge on any atom is -0.481 e. The predicted molar refractivity (Wildman–Crippen MR) is 132 cm³/mol. The number of carbonyl (C=O) groups excluding carboxylic acids is 2. The fourth-order valence-corrected chi connectivity index (χ4v) is 6.87. The van der Waals surface area contributed by atoms with Crippen molar-refractivity contribution in [1.82, 2.24) is 24.8 Å². The summed E-state index contributed by atoms with van der Waals surface area (Å²) >= 11 is 0. The van der Waals surface area contributed by atoms with Crippen LogP contribution in [0.2, 0.25) is 0 Å². The highest BCUT2D eigenvalue weighted by Crippen LogP contribution is 2.65. The fourth-order valence-electron chi connectivity index (χ4n) is 6.87. The molecule has 7 atom stereocenters. The van der Waals surface area contributed by atoms with E-state index in [9.17, 15) is 24.6 Å². The Balaban J connectivity index is 1.60. The molecule has 0 radical (unpaired) electrons. The van der Waals surface area contributed by atoms with E-state index in [1.807, 2.05) is 38.1 Å². The Morgan fingerprint density at radius 1 is 1.38 bits per heavy atom. The molecular formula is C26H33N5O6. The quantitative estimate of drug-likeness (QED) is 0.480. The van der Waals surface area contributed by atoms with Crippen molar-refractivity contribution in [2.24, 2.45) is 17.8 Å². The number of aromatic nitrogens is 3. The Labute approximate surface area is 214 Å². The first-order chi connectivity index (χ1) is 17.6. The highest BCUT2D eigenvalue weighted by Gasteiger charge is 2.80. The van der Waals surface area contributed by atoms with E-state index in [2.05, 4.69) is 16.9 Å². The Morgan fingerprint density at radius 2 is 2.11 bits per heavy atom. The standard InChI is InChI=1S/C26H33N5O6/c1-5-11-29(14-30-18-10-8-7-9-17(18)27-28-30)23(34)21-26-12-15(3)25(4,37-26)20(24(35)36)19(26)22(33)31(21)16(6-2)13-32/h5,7-10,15-16,19-21,32H,1,6,11-14H2,2-4H3,(H,35,36)/t15?,16-,19-,20-,21?,25+,26?/m0/s1. The molecule has 3 aliphatic heterocycles. The van der Waals surface area contributed by atoms with Gasteiger partial charge in [-0.2, -0.15) is 0 Å². The third-order valence-electron chi connectivity index (χ3n) is 8.71. The number of para-hydroxylation sites is 1. The molecule has 11 nitrogen and oxygen atoms in total. The zero-order valence-electron chi connectivity index (χ0n) is 21.3. The predicted octanol–water partition coefficient (Wildman–Crippen LogP) is 1.27. The van der Waals surface area contributed by atoms with Gasteiger partial charge in [-0.05, 0) is 37.8 Å². The number of aliphatic carboxylic acids is 1. The van der Waals surface area contributed by atoms with E-state index in [0.717, 1.165) is 5.52 Å². The van der Waals surface area contributed by atoms with Crippen LogP contribution in [-0.2, 0) is 25.8 Å². The second kappa shape index (κ2) is 8.91. The minimum atomic E-state index is -1.31. The number of benzene rings is 1. The maximum Gasteiger partial charge on any atom is 0.310 e. The molecule has 2 N–H and O–H groups in total. The molecular weight excluding hydrogens is 478 g/mol. The molecule has 3 fully saturated rings. The molecule has 1 spiro atoms. The highest BCUT2D eigenvalue weighted by atomic mass is 16.5. The van der Waals surface area contributed by atoms with Gasteiger partial charge in [0.2, 0.25) is 11.8 Å². The number of aliphatic hydroxyl groups excluding tert-OH is 1. The summed E-state index contributed by atoms with van der Waals surface area (Å²) in [7, 11) is 0. The summed E-state index contributed by atoms with van der Waals surface area (Å²) in [5.41, 5.74) is -0.965. The Hall–Kier alpha value is -3.31. The van der Waals surface area contributed by atoms with E-state index < -0.39 is 52.9 Å². The van der Waals surface area contributed by atoms with Crippen molar-refractivity contribution in [3.8, 4) is 0 Å². The maximum atomic E-state index is 14.4. The number of carbonyl (C=O) groups is 3. The van der Waals surface area contributed by atoms with Crippen LogP contribution in [0.3, 0.4) is 0 Å². The molecule has 1 aromatic carbocycles. The van der Waals surface area contributed by atoms with Crippen LogP contribution in [0.5, 0.6) is 0 Å². The monoisotopic (exact) mass is 511 g/mol. The third kappa shape index (κ3) is 3.43. The molecule has 4 heterocycles. The van der Waals surface area contributed by atoms with Crippen molar-refractivity contribution in [1.29, 1.82) is 0 Å². The van der Waals surface area contributed by atoms with Gasteiger partial charge in [0, 0.05) is 6.54 Å². The number of ether oxygens (including phenoxy) is 1. The van der Waals surface area contributed by atoms with E-state index in [1.54, 1.807) is 17.7 Å². The molecule has 3 unspecified atom stereocenters. The van der Waals surface area contributed by atoms with Gasteiger partial charge in [-0.1, -0.05) is 37.3 Å². The third-order valence-corrected chi connectivity index (χ3v) is 8.71. The fraction of sp³-hybridized carbons (Fsp3) is 0.577. The van der Waals surface area contributed by atoms with Gasteiger partial charge in [-0.3, -0.25) is 14.4 Å². The van der Waals surface area contributed by atoms with Crippen LogP contribution >= 0.6 is 0 Å². The summed E-state index contributed by atoms with van der Waals surface area (Å²) in [6.07, 6.45) is 2.36. The number of carboxylic acids is 1. The van der Waals surface area contributed by atoms with Gasteiger partial charge < -0.3 is 24.7 Å². The van der Waals surface area contributed by atoms with Crippen molar-refractivity contribution < 1.29 is 29.3 Å². The van der Waals surface area contributed by atoms with Gasteiger partial charge in [-0.15, -0.1) is 11.7 Å². The van der Waals surface area contributed by atoms with Crippen LogP contribution in [0, 0.1) is 17.8 Å². The van der Waals surface area contributed by atoms with Crippen LogP contribution < -0.4 is 0 Å².